The van der Waals surface area contributed by atoms with E-state index in [1.807, 2.05) is 13.0 Å². The number of aromatic nitrogens is 2. The number of hydrogen-bond donors (Lipinski definition) is 2. The van der Waals surface area contributed by atoms with E-state index in [2.05, 4.69) is 39.6 Å². The lowest BCUT2D eigenvalue weighted by Gasteiger charge is -2.12. The maximum atomic E-state index is 6.02. The molecule has 0 bridgehead atoms. The summed E-state index contributed by atoms with van der Waals surface area (Å²) in [7, 11) is 4.11. The van der Waals surface area contributed by atoms with E-state index in [1.54, 1.807) is 18.2 Å². The lowest BCUT2D eigenvalue weighted by atomic mass is 10.3. The van der Waals surface area contributed by atoms with E-state index < -0.39 is 0 Å². The summed E-state index contributed by atoms with van der Waals surface area (Å²) in [5.41, 5.74) is 1.67. The van der Waals surface area contributed by atoms with E-state index in [4.69, 9.17) is 23.2 Å². The summed E-state index contributed by atoms with van der Waals surface area (Å²) in [4.78, 5) is 11.0. The quantitative estimate of drug-likeness (QED) is 0.730. The van der Waals surface area contributed by atoms with Crippen LogP contribution in [0.4, 0.5) is 17.5 Å². The third kappa shape index (κ3) is 6.22. The molecular weight excluding hydrogens is 333 g/mol. The summed E-state index contributed by atoms with van der Waals surface area (Å²) in [5, 5.41) is 7.61. The zero-order chi connectivity index (χ0) is 16.8. The molecule has 0 fully saturated rings. The van der Waals surface area contributed by atoms with Gasteiger partial charge in [-0.25, -0.2) is 4.98 Å². The second kappa shape index (κ2) is 8.34. The molecule has 0 saturated carbocycles. The molecule has 23 heavy (non-hydrogen) atoms. The fourth-order valence-electron chi connectivity index (χ4n) is 2.08. The van der Waals surface area contributed by atoms with Gasteiger partial charge in [0.15, 0.2) is 0 Å². The molecule has 1 heterocycles. The third-order valence-corrected chi connectivity index (χ3v) is 3.49. The number of benzene rings is 1. The normalized spacial score (nSPS) is 10.9. The van der Waals surface area contributed by atoms with Crippen LogP contribution in [-0.2, 0) is 0 Å². The highest BCUT2D eigenvalue weighted by Gasteiger charge is 2.04. The van der Waals surface area contributed by atoms with Crippen molar-refractivity contribution in [3.8, 4) is 0 Å². The van der Waals surface area contributed by atoms with Crippen molar-refractivity contribution >= 4 is 40.7 Å². The monoisotopic (exact) mass is 353 g/mol. The largest absolute Gasteiger partial charge is 0.354 e. The van der Waals surface area contributed by atoms with E-state index >= 15 is 0 Å². The van der Waals surface area contributed by atoms with Crippen molar-refractivity contribution in [1.29, 1.82) is 0 Å². The number of nitrogens with zero attached hydrogens (tertiary/aromatic N) is 3. The van der Waals surface area contributed by atoms with Gasteiger partial charge in [0.2, 0.25) is 5.95 Å². The highest BCUT2D eigenvalue weighted by molar-refractivity contribution is 6.35. The van der Waals surface area contributed by atoms with Crippen LogP contribution < -0.4 is 10.6 Å². The first-order chi connectivity index (χ1) is 10.9. The van der Waals surface area contributed by atoms with E-state index in [9.17, 15) is 0 Å². The van der Waals surface area contributed by atoms with Crippen LogP contribution in [0.3, 0.4) is 0 Å². The number of anilines is 3. The molecule has 0 amide bonds. The van der Waals surface area contributed by atoms with Crippen LogP contribution in [0.25, 0.3) is 0 Å². The van der Waals surface area contributed by atoms with Gasteiger partial charge >= 0.3 is 0 Å². The van der Waals surface area contributed by atoms with Crippen molar-refractivity contribution in [1.82, 2.24) is 14.9 Å². The molecule has 0 saturated heterocycles. The molecule has 0 aliphatic carbocycles. The van der Waals surface area contributed by atoms with Gasteiger partial charge in [0.1, 0.15) is 5.82 Å². The Morgan fingerprint density at radius 3 is 2.39 bits per heavy atom. The first-order valence-electron chi connectivity index (χ1n) is 7.40. The number of aryl methyl sites for hydroxylation is 1. The zero-order valence-electron chi connectivity index (χ0n) is 13.5. The van der Waals surface area contributed by atoms with E-state index in [0.717, 1.165) is 30.9 Å². The van der Waals surface area contributed by atoms with Crippen LogP contribution in [-0.4, -0.2) is 42.1 Å². The maximum absolute atomic E-state index is 6.02. The Labute approximate surface area is 147 Å². The van der Waals surface area contributed by atoms with Gasteiger partial charge in [0.05, 0.1) is 0 Å². The molecule has 0 aliphatic heterocycles. The lowest BCUT2D eigenvalue weighted by molar-refractivity contribution is 0.405. The lowest BCUT2D eigenvalue weighted by Crippen LogP contribution is -2.17. The van der Waals surface area contributed by atoms with Gasteiger partial charge in [-0.3, -0.25) is 0 Å². The average Bonchev–Trinajstić information content (AvgIpc) is 2.41. The van der Waals surface area contributed by atoms with Crippen LogP contribution in [0.2, 0.25) is 10.0 Å². The van der Waals surface area contributed by atoms with E-state index in [0.29, 0.717) is 21.8 Å². The molecule has 0 unspecified atom stereocenters. The van der Waals surface area contributed by atoms with Gasteiger partial charge in [0, 0.05) is 34.0 Å². The topological polar surface area (TPSA) is 53.1 Å². The summed E-state index contributed by atoms with van der Waals surface area (Å²) >= 11 is 12.0. The second-order valence-electron chi connectivity index (χ2n) is 5.58. The predicted molar refractivity (Wildman–Crippen MR) is 98.2 cm³/mol. The third-order valence-electron chi connectivity index (χ3n) is 3.05. The van der Waals surface area contributed by atoms with Crippen LogP contribution in [0, 0.1) is 6.92 Å². The van der Waals surface area contributed by atoms with Gasteiger partial charge in [-0.2, -0.15) is 4.98 Å². The van der Waals surface area contributed by atoms with Crippen LogP contribution in [0.5, 0.6) is 0 Å². The van der Waals surface area contributed by atoms with Crippen molar-refractivity contribution in [2.45, 2.75) is 13.3 Å². The number of hydrogen-bond acceptors (Lipinski definition) is 5. The maximum Gasteiger partial charge on any atom is 0.224 e. The summed E-state index contributed by atoms with van der Waals surface area (Å²) in [6.07, 6.45) is 1.02. The average molecular weight is 354 g/mol. The molecule has 2 aromatic rings. The first kappa shape index (κ1) is 17.8. The van der Waals surface area contributed by atoms with Gasteiger partial charge in [0.25, 0.3) is 0 Å². The Kier molecular flexibility index (Phi) is 6.45. The van der Waals surface area contributed by atoms with Crippen LogP contribution in [0.15, 0.2) is 24.3 Å². The fraction of sp³-hybridized carbons (Fsp3) is 0.375. The molecule has 2 rings (SSSR count). The summed E-state index contributed by atoms with van der Waals surface area (Å²) < 4.78 is 0. The van der Waals surface area contributed by atoms with Gasteiger partial charge in [-0.15, -0.1) is 0 Å². The molecule has 5 nitrogen and oxygen atoms in total. The first-order valence-corrected chi connectivity index (χ1v) is 8.15. The molecular formula is C16H21Cl2N5. The Bertz CT molecular complexity index is 641. The van der Waals surface area contributed by atoms with Gasteiger partial charge in [-0.1, -0.05) is 23.2 Å². The minimum Gasteiger partial charge on any atom is -0.354 e. The fourth-order valence-corrected chi connectivity index (χ4v) is 2.61. The highest BCUT2D eigenvalue weighted by atomic mass is 35.5. The standard InChI is InChI=1S/C16H21Cl2N5/c1-11-7-15(21-14-9-12(17)8-13(18)10-14)22-16(20-11)19-5-4-6-23(2)3/h7-10H,4-6H2,1-3H3,(H2,19,20,21,22). The van der Waals surface area contributed by atoms with Crippen molar-refractivity contribution in [2.75, 3.05) is 37.8 Å². The molecule has 7 heteroatoms. The zero-order valence-corrected chi connectivity index (χ0v) is 15.0. The molecule has 0 aliphatic rings. The van der Waals surface area contributed by atoms with Gasteiger partial charge in [-0.05, 0) is 52.2 Å². The van der Waals surface area contributed by atoms with E-state index in [-0.39, 0.29) is 0 Å². The molecule has 1 aromatic heterocycles. The van der Waals surface area contributed by atoms with Crippen LogP contribution >= 0.6 is 23.2 Å². The predicted octanol–water partition coefficient (Wildman–Crippen LogP) is 4.20. The van der Waals surface area contributed by atoms with Crippen molar-refractivity contribution in [3.05, 3.63) is 40.0 Å². The minimum absolute atomic E-state index is 0.577. The summed E-state index contributed by atoms with van der Waals surface area (Å²) in [6.45, 7) is 3.78. The van der Waals surface area contributed by atoms with Crippen molar-refractivity contribution in [2.24, 2.45) is 0 Å². The molecule has 0 radical (unpaired) electrons. The number of halogens is 2. The Hall–Kier alpha value is -1.56. The van der Waals surface area contributed by atoms with Gasteiger partial charge < -0.3 is 15.5 Å². The van der Waals surface area contributed by atoms with Crippen LogP contribution in [0.1, 0.15) is 12.1 Å². The smallest absolute Gasteiger partial charge is 0.224 e. The van der Waals surface area contributed by atoms with Crippen molar-refractivity contribution in [3.63, 3.8) is 0 Å². The summed E-state index contributed by atoms with van der Waals surface area (Å²) in [5.74, 6) is 1.31. The molecule has 1 aromatic carbocycles. The SMILES string of the molecule is Cc1cc(Nc2cc(Cl)cc(Cl)c2)nc(NCCCN(C)C)n1. The number of rotatable bonds is 7. The summed E-state index contributed by atoms with van der Waals surface area (Å²) in [6, 6.07) is 7.17. The Balaban J connectivity index is 2.04. The van der Waals surface area contributed by atoms with E-state index in [1.165, 1.54) is 0 Å². The number of nitrogens with one attached hydrogen (secondary N) is 2. The highest BCUT2D eigenvalue weighted by Crippen LogP contribution is 2.25. The molecule has 2 N–H and O–H groups in total. The minimum atomic E-state index is 0.577. The molecule has 0 atom stereocenters. The second-order valence-corrected chi connectivity index (χ2v) is 6.46. The molecule has 0 spiro atoms. The molecule has 124 valence electrons. The Morgan fingerprint density at radius 1 is 1.04 bits per heavy atom. The Morgan fingerprint density at radius 2 is 1.74 bits per heavy atom. The van der Waals surface area contributed by atoms with Crippen molar-refractivity contribution < 1.29 is 0 Å².